The van der Waals surface area contributed by atoms with Gasteiger partial charge < -0.3 is 10.4 Å². The lowest BCUT2D eigenvalue weighted by Crippen LogP contribution is -2.42. The molecular weight excluding hydrogens is 274 g/mol. The number of fused-ring (bicyclic) bond motifs is 1. The first-order valence-corrected chi connectivity index (χ1v) is 7.09. The van der Waals surface area contributed by atoms with Gasteiger partial charge in [-0.05, 0) is 38.2 Å². The maximum absolute atomic E-state index is 12.0. The molecule has 1 aromatic rings. The van der Waals surface area contributed by atoms with E-state index in [0.717, 1.165) is 48.0 Å². The van der Waals surface area contributed by atoms with Crippen LogP contribution < -0.4 is 10.9 Å². The van der Waals surface area contributed by atoms with E-state index in [2.05, 4.69) is 10.4 Å². The smallest absolute Gasteiger partial charge is 0.325 e. The molecule has 1 aromatic heterocycles. The molecule has 0 radical (unpaired) electrons. The Bertz CT molecular complexity index is 609. The van der Waals surface area contributed by atoms with Crippen molar-refractivity contribution in [3.8, 4) is 0 Å². The summed E-state index contributed by atoms with van der Waals surface area (Å²) >= 11 is 0. The molecule has 2 rings (SSSR count). The van der Waals surface area contributed by atoms with Gasteiger partial charge in [0.15, 0.2) is 0 Å². The summed E-state index contributed by atoms with van der Waals surface area (Å²) in [5.74, 6) is -1.65. The van der Waals surface area contributed by atoms with Crippen molar-refractivity contribution in [2.75, 3.05) is 0 Å². The fourth-order valence-corrected chi connectivity index (χ4v) is 2.38. The van der Waals surface area contributed by atoms with Gasteiger partial charge in [0.25, 0.3) is 5.56 Å². The summed E-state index contributed by atoms with van der Waals surface area (Å²) in [6, 6.07) is 0.552. The summed E-state index contributed by atoms with van der Waals surface area (Å²) in [6.45, 7) is 1.11. The Labute approximate surface area is 122 Å². The van der Waals surface area contributed by atoms with Crippen molar-refractivity contribution in [3.05, 3.63) is 27.7 Å². The molecule has 0 spiro atoms. The van der Waals surface area contributed by atoms with E-state index in [0.29, 0.717) is 0 Å². The molecule has 1 atom stereocenters. The molecule has 114 valence electrons. The fourth-order valence-electron chi connectivity index (χ4n) is 2.38. The van der Waals surface area contributed by atoms with E-state index in [4.69, 9.17) is 5.11 Å². The van der Waals surface area contributed by atoms with Gasteiger partial charge in [0, 0.05) is 6.07 Å². The predicted molar refractivity (Wildman–Crippen MR) is 75.0 cm³/mol. The van der Waals surface area contributed by atoms with Gasteiger partial charge in [0.1, 0.15) is 12.6 Å². The van der Waals surface area contributed by atoms with Crippen molar-refractivity contribution in [1.82, 2.24) is 15.1 Å². The first-order chi connectivity index (χ1) is 9.97. The maximum Gasteiger partial charge on any atom is 0.325 e. The number of aliphatic carboxylic acids is 1. The third-order valence-corrected chi connectivity index (χ3v) is 3.57. The number of carboxylic acids is 1. The van der Waals surface area contributed by atoms with Crippen LogP contribution in [0.4, 0.5) is 0 Å². The highest BCUT2D eigenvalue weighted by atomic mass is 16.4. The average Bonchev–Trinajstić information content (AvgIpc) is 2.63. The molecule has 7 nitrogen and oxygen atoms in total. The van der Waals surface area contributed by atoms with Gasteiger partial charge in [-0.3, -0.25) is 14.4 Å². The zero-order valence-electron chi connectivity index (χ0n) is 12.0. The molecule has 1 aliphatic carbocycles. The van der Waals surface area contributed by atoms with E-state index in [1.54, 1.807) is 6.07 Å². The number of hydrogen-bond donors (Lipinski definition) is 2. The Morgan fingerprint density at radius 1 is 1.38 bits per heavy atom. The monoisotopic (exact) mass is 293 g/mol. The van der Waals surface area contributed by atoms with Crippen molar-refractivity contribution >= 4 is 11.9 Å². The molecule has 0 bridgehead atoms. The second kappa shape index (κ2) is 6.51. The van der Waals surface area contributed by atoms with Crippen molar-refractivity contribution in [1.29, 1.82) is 0 Å². The minimum absolute atomic E-state index is 0.260. The highest BCUT2D eigenvalue weighted by molar-refractivity contribution is 5.82. The van der Waals surface area contributed by atoms with Crippen LogP contribution in [0.15, 0.2) is 10.9 Å². The Morgan fingerprint density at radius 3 is 2.81 bits per heavy atom. The van der Waals surface area contributed by atoms with Gasteiger partial charge in [-0.25, -0.2) is 4.68 Å². The van der Waals surface area contributed by atoms with E-state index in [-0.39, 0.29) is 12.1 Å². The fraction of sp³-hybridized carbons (Fsp3) is 0.571. The third-order valence-electron chi connectivity index (χ3n) is 3.57. The Morgan fingerprint density at radius 2 is 2.10 bits per heavy atom. The van der Waals surface area contributed by atoms with E-state index in [1.807, 2.05) is 0 Å². The first kappa shape index (κ1) is 15.2. The Kier molecular flexibility index (Phi) is 4.72. The highest BCUT2D eigenvalue weighted by Crippen LogP contribution is 2.16. The molecule has 21 heavy (non-hydrogen) atoms. The molecule has 0 aliphatic heterocycles. The number of nitrogens with one attached hydrogen (secondary N) is 1. The lowest BCUT2D eigenvalue weighted by molar-refractivity contribution is -0.141. The molecule has 1 amide bonds. The van der Waals surface area contributed by atoms with Crippen molar-refractivity contribution in [2.24, 2.45) is 0 Å². The summed E-state index contributed by atoms with van der Waals surface area (Å²) < 4.78 is 1.11. The third kappa shape index (κ3) is 3.90. The Hall–Kier alpha value is -2.18. The van der Waals surface area contributed by atoms with E-state index < -0.39 is 17.9 Å². The molecule has 0 saturated carbocycles. The number of carbonyl (C=O) groups is 2. The van der Waals surface area contributed by atoms with E-state index in [9.17, 15) is 14.4 Å². The van der Waals surface area contributed by atoms with Crippen LogP contribution in [0.2, 0.25) is 0 Å². The van der Waals surface area contributed by atoms with Gasteiger partial charge in [-0.1, -0.05) is 6.42 Å². The minimum atomic E-state index is -1.12. The normalized spacial score (nSPS) is 15.7. The van der Waals surface area contributed by atoms with Gasteiger partial charge in [0.2, 0.25) is 5.91 Å². The molecule has 1 heterocycles. The second-order valence-electron chi connectivity index (χ2n) is 5.30. The van der Waals surface area contributed by atoms with Crippen molar-refractivity contribution < 1.29 is 14.7 Å². The number of amides is 1. The largest absolute Gasteiger partial charge is 0.480 e. The van der Waals surface area contributed by atoms with Crippen LogP contribution in [0.3, 0.4) is 0 Å². The molecule has 0 aromatic carbocycles. The zero-order chi connectivity index (χ0) is 15.4. The van der Waals surface area contributed by atoms with Gasteiger partial charge in [0.05, 0.1) is 5.69 Å². The molecule has 7 heteroatoms. The lowest BCUT2D eigenvalue weighted by Gasteiger charge is -2.12. The molecule has 1 aliphatic rings. The number of rotatable bonds is 4. The van der Waals surface area contributed by atoms with Gasteiger partial charge in [-0.15, -0.1) is 0 Å². The van der Waals surface area contributed by atoms with Gasteiger partial charge in [-0.2, -0.15) is 5.10 Å². The lowest BCUT2D eigenvalue weighted by atomic mass is 10.1. The van der Waals surface area contributed by atoms with E-state index in [1.165, 1.54) is 6.92 Å². The number of carbonyl (C=O) groups excluding carboxylic acids is 1. The summed E-state index contributed by atoms with van der Waals surface area (Å²) in [4.78, 5) is 34.4. The second-order valence-corrected chi connectivity index (χ2v) is 5.30. The first-order valence-electron chi connectivity index (χ1n) is 7.09. The number of aromatic nitrogens is 2. The SMILES string of the molecule is C[C@@H](NC(=O)Cn1nc2c(cc1=O)CCCCC2)C(=O)O. The number of aryl methyl sites for hydroxylation is 2. The summed E-state index contributed by atoms with van der Waals surface area (Å²) in [6.07, 6.45) is 4.85. The van der Waals surface area contributed by atoms with Crippen LogP contribution in [0.25, 0.3) is 0 Å². The van der Waals surface area contributed by atoms with Crippen LogP contribution >= 0.6 is 0 Å². The van der Waals surface area contributed by atoms with Crippen LogP contribution in [0.5, 0.6) is 0 Å². The van der Waals surface area contributed by atoms with Gasteiger partial charge >= 0.3 is 5.97 Å². The molecular formula is C14H19N3O4. The zero-order valence-corrected chi connectivity index (χ0v) is 12.0. The standard InChI is InChI=1S/C14H19N3O4/c1-9(14(20)21)15-12(18)8-17-13(19)7-10-5-3-2-4-6-11(10)16-17/h7,9H,2-6,8H2,1H3,(H,15,18)(H,20,21)/t9-/m1/s1. The number of hydrogen-bond acceptors (Lipinski definition) is 4. The Balaban J connectivity index is 2.13. The summed E-state index contributed by atoms with van der Waals surface area (Å²) in [5, 5.41) is 15.3. The molecule has 0 unspecified atom stereocenters. The molecule has 0 saturated heterocycles. The van der Waals surface area contributed by atoms with Crippen LogP contribution in [0.1, 0.15) is 37.4 Å². The summed E-state index contributed by atoms with van der Waals surface area (Å²) in [7, 11) is 0. The number of carboxylic acid groups (broad SMARTS) is 1. The molecule has 2 N–H and O–H groups in total. The van der Waals surface area contributed by atoms with Crippen molar-refractivity contribution in [2.45, 2.75) is 51.6 Å². The van der Waals surface area contributed by atoms with Crippen molar-refractivity contribution in [3.63, 3.8) is 0 Å². The maximum atomic E-state index is 12.0. The van der Waals surface area contributed by atoms with Crippen LogP contribution in [0, 0.1) is 0 Å². The predicted octanol–water partition coefficient (Wildman–Crippen LogP) is 0.101. The topological polar surface area (TPSA) is 101 Å². The van der Waals surface area contributed by atoms with Crippen LogP contribution in [-0.2, 0) is 29.0 Å². The summed E-state index contributed by atoms with van der Waals surface area (Å²) in [5.41, 5.74) is 1.51. The molecule has 0 fully saturated rings. The van der Waals surface area contributed by atoms with E-state index >= 15 is 0 Å². The van der Waals surface area contributed by atoms with Crippen LogP contribution in [-0.4, -0.2) is 32.8 Å². The highest BCUT2D eigenvalue weighted by Gasteiger charge is 2.17. The minimum Gasteiger partial charge on any atom is -0.480 e. The quantitative estimate of drug-likeness (QED) is 0.767. The average molecular weight is 293 g/mol. The number of nitrogens with zero attached hydrogens (tertiary/aromatic N) is 2.